The van der Waals surface area contributed by atoms with E-state index in [4.69, 9.17) is 16.5 Å². The Morgan fingerprint density at radius 2 is 1.91 bits per heavy atom. The van der Waals surface area contributed by atoms with Gasteiger partial charge in [0.05, 0.1) is 0 Å². The van der Waals surface area contributed by atoms with E-state index in [1.54, 1.807) is 24.3 Å². The van der Waals surface area contributed by atoms with Gasteiger partial charge in [-0.05, 0) is 24.1 Å². The molecule has 5 nitrogen and oxygen atoms in total. The summed E-state index contributed by atoms with van der Waals surface area (Å²) in [6.45, 7) is 0. The summed E-state index contributed by atoms with van der Waals surface area (Å²) >= 11 is 5.51. The van der Waals surface area contributed by atoms with Crippen molar-refractivity contribution in [3.8, 4) is 0 Å². The first-order valence-corrected chi connectivity index (χ1v) is 8.37. The Morgan fingerprint density at radius 1 is 1.26 bits per heavy atom. The molecule has 0 bridgehead atoms. The maximum atomic E-state index is 12.6. The third-order valence-electron chi connectivity index (χ3n) is 2.89. The van der Waals surface area contributed by atoms with E-state index in [1.807, 2.05) is 0 Å². The van der Waals surface area contributed by atoms with Crippen molar-refractivity contribution in [1.29, 1.82) is 0 Å². The zero-order chi connectivity index (χ0) is 17.0. The highest BCUT2D eigenvalue weighted by Crippen LogP contribution is 2.33. The van der Waals surface area contributed by atoms with Crippen LogP contribution in [0.2, 0.25) is 5.15 Å². The molecule has 0 radical (unpaired) electrons. The smallest absolute Gasteiger partial charge is 0.346 e. The first-order valence-electron chi connectivity index (χ1n) is 6.43. The molecule has 1 unspecified atom stereocenters. The molecule has 2 aromatic rings. The predicted octanol–water partition coefficient (Wildman–Crippen LogP) is 3.90. The molecule has 0 aliphatic heterocycles. The summed E-state index contributed by atoms with van der Waals surface area (Å²) in [4.78, 5) is 15.9. The minimum atomic E-state index is -4.61. The molecule has 1 atom stereocenters. The molecule has 0 amide bonds. The number of hydrogen-bond acceptors (Lipinski definition) is 4. The molecule has 23 heavy (non-hydrogen) atoms. The first-order chi connectivity index (χ1) is 10.8. The van der Waals surface area contributed by atoms with Gasteiger partial charge in [-0.2, -0.15) is 13.2 Å². The van der Waals surface area contributed by atoms with Crippen molar-refractivity contribution in [3.05, 3.63) is 46.7 Å². The summed E-state index contributed by atoms with van der Waals surface area (Å²) in [6, 6.07) is 6.80. The summed E-state index contributed by atoms with van der Waals surface area (Å²) < 4.78 is 48.3. The molecule has 0 spiro atoms. The van der Waals surface area contributed by atoms with Gasteiger partial charge in [-0.25, -0.2) is 9.97 Å². The molecule has 0 aliphatic carbocycles. The van der Waals surface area contributed by atoms with Crippen LogP contribution in [-0.2, 0) is 17.2 Å². The van der Waals surface area contributed by atoms with Crippen molar-refractivity contribution in [2.45, 2.75) is 12.6 Å². The average Bonchev–Trinajstić information content (AvgIpc) is 2.45. The fraction of sp³-hybridized carbons (Fsp3) is 0.231. The van der Waals surface area contributed by atoms with Crippen LogP contribution in [0.5, 0.6) is 0 Å². The van der Waals surface area contributed by atoms with Gasteiger partial charge in [0.25, 0.3) is 0 Å². The summed E-state index contributed by atoms with van der Waals surface area (Å²) in [7, 11) is -2.50. The van der Waals surface area contributed by atoms with Crippen LogP contribution in [0, 0.1) is 0 Å². The lowest BCUT2D eigenvalue weighted by atomic mass is 10.1. The van der Waals surface area contributed by atoms with E-state index in [1.165, 1.54) is 0 Å². The molecule has 1 aromatic carbocycles. The second-order valence-corrected chi connectivity index (χ2v) is 6.26. The molecular formula is C13H12ClF3N3O2P. The lowest BCUT2D eigenvalue weighted by molar-refractivity contribution is -0.137. The monoisotopic (exact) mass is 365 g/mol. The Hall–Kier alpha value is -1.63. The SMILES string of the molecule is O=[PH](O)CCc1ccc(Nc2ncc(C(F)(F)F)c(Cl)n2)cc1. The quantitative estimate of drug-likeness (QED) is 0.621. The summed E-state index contributed by atoms with van der Waals surface area (Å²) in [5.41, 5.74) is 0.329. The van der Waals surface area contributed by atoms with Gasteiger partial charge in [-0.15, -0.1) is 0 Å². The van der Waals surface area contributed by atoms with E-state index in [9.17, 15) is 17.7 Å². The number of nitrogens with zero attached hydrogens (tertiary/aromatic N) is 2. The van der Waals surface area contributed by atoms with Crippen LogP contribution in [0.1, 0.15) is 11.1 Å². The second kappa shape index (κ2) is 7.29. The fourth-order valence-corrected chi connectivity index (χ4v) is 2.49. The molecule has 0 saturated carbocycles. The number of benzene rings is 1. The Morgan fingerprint density at radius 3 is 2.43 bits per heavy atom. The van der Waals surface area contributed by atoms with Crippen molar-refractivity contribution < 1.29 is 22.6 Å². The lowest BCUT2D eigenvalue weighted by Gasteiger charge is -2.10. The van der Waals surface area contributed by atoms with Gasteiger partial charge in [-0.1, -0.05) is 23.7 Å². The van der Waals surface area contributed by atoms with E-state index in [2.05, 4.69) is 15.3 Å². The number of nitrogens with one attached hydrogen (secondary N) is 1. The Balaban J connectivity index is 2.07. The number of halogens is 4. The molecule has 2 rings (SSSR count). The van der Waals surface area contributed by atoms with Crippen LogP contribution in [0.15, 0.2) is 30.5 Å². The van der Waals surface area contributed by atoms with Crippen LogP contribution in [0.4, 0.5) is 24.8 Å². The third-order valence-corrected chi connectivity index (χ3v) is 3.85. The van der Waals surface area contributed by atoms with E-state index in [0.717, 1.165) is 5.56 Å². The number of aromatic nitrogens is 2. The molecule has 1 aromatic heterocycles. The summed E-state index contributed by atoms with van der Waals surface area (Å²) in [6.07, 6.45) is -3.32. The van der Waals surface area contributed by atoms with Gasteiger partial charge in [0.2, 0.25) is 5.95 Å². The van der Waals surface area contributed by atoms with Crippen LogP contribution >= 0.6 is 19.6 Å². The number of hydrogen-bond donors (Lipinski definition) is 2. The standard InChI is InChI=1S/C13H12ClF3N3O2P/c14-11-10(13(15,16)17)7-18-12(20-11)19-9-3-1-8(2-4-9)5-6-23(21)22/h1-4,7,23H,5-6H2,(H,21,22)(H,18,19,20). The average molecular weight is 366 g/mol. The highest BCUT2D eigenvalue weighted by molar-refractivity contribution is 7.37. The molecule has 124 valence electrons. The van der Waals surface area contributed by atoms with Crippen molar-refractivity contribution in [2.75, 3.05) is 11.5 Å². The van der Waals surface area contributed by atoms with E-state index < -0.39 is 24.9 Å². The van der Waals surface area contributed by atoms with Crippen molar-refractivity contribution in [3.63, 3.8) is 0 Å². The Kier molecular flexibility index (Phi) is 5.62. The van der Waals surface area contributed by atoms with Crippen molar-refractivity contribution in [2.24, 2.45) is 0 Å². The minimum Gasteiger partial charge on any atom is -0.346 e. The summed E-state index contributed by atoms with van der Waals surface area (Å²) in [5.74, 6) is -0.0591. The Labute approximate surface area is 135 Å². The normalized spacial score (nSPS) is 12.9. The molecule has 0 saturated heterocycles. The Bertz CT molecular complexity index is 711. The number of alkyl halides is 3. The maximum Gasteiger partial charge on any atom is 0.420 e. The summed E-state index contributed by atoms with van der Waals surface area (Å²) in [5, 5.41) is 2.06. The highest BCUT2D eigenvalue weighted by Gasteiger charge is 2.34. The molecular weight excluding hydrogens is 354 g/mol. The number of aryl methyl sites for hydroxylation is 1. The maximum absolute atomic E-state index is 12.6. The largest absolute Gasteiger partial charge is 0.420 e. The molecule has 1 heterocycles. The molecule has 0 aliphatic rings. The van der Waals surface area contributed by atoms with Crippen molar-refractivity contribution in [1.82, 2.24) is 9.97 Å². The van der Waals surface area contributed by atoms with Crippen molar-refractivity contribution >= 4 is 31.3 Å². The third kappa shape index (κ3) is 5.20. The van der Waals surface area contributed by atoms with Gasteiger partial charge in [0.15, 0.2) is 8.03 Å². The van der Waals surface area contributed by atoms with Crippen LogP contribution in [-0.4, -0.2) is 21.0 Å². The van der Waals surface area contributed by atoms with Gasteiger partial charge in [-0.3, -0.25) is 4.57 Å². The first kappa shape index (κ1) is 17.7. The molecule has 0 fully saturated rings. The number of anilines is 2. The van der Waals surface area contributed by atoms with E-state index in [-0.39, 0.29) is 12.1 Å². The van der Waals surface area contributed by atoms with Gasteiger partial charge in [0, 0.05) is 18.0 Å². The zero-order valence-electron chi connectivity index (χ0n) is 11.6. The minimum absolute atomic E-state index is 0.0591. The van der Waals surface area contributed by atoms with Gasteiger partial charge < -0.3 is 10.2 Å². The lowest BCUT2D eigenvalue weighted by Crippen LogP contribution is -2.09. The van der Waals surface area contributed by atoms with Crippen LogP contribution < -0.4 is 5.32 Å². The topological polar surface area (TPSA) is 75.1 Å². The van der Waals surface area contributed by atoms with E-state index in [0.29, 0.717) is 18.3 Å². The van der Waals surface area contributed by atoms with Crippen LogP contribution in [0.3, 0.4) is 0 Å². The predicted molar refractivity (Wildman–Crippen MR) is 81.6 cm³/mol. The zero-order valence-corrected chi connectivity index (χ0v) is 13.3. The van der Waals surface area contributed by atoms with Crippen LogP contribution in [0.25, 0.3) is 0 Å². The van der Waals surface area contributed by atoms with Gasteiger partial charge >= 0.3 is 6.18 Å². The highest BCUT2D eigenvalue weighted by atomic mass is 35.5. The molecule has 10 heteroatoms. The molecule has 2 N–H and O–H groups in total. The van der Waals surface area contributed by atoms with E-state index >= 15 is 0 Å². The fourth-order valence-electron chi connectivity index (χ4n) is 1.75. The van der Waals surface area contributed by atoms with Gasteiger partial charge in [0.1, 0.15) is 10.7 Å². The number of rotatable bonds is 5. The second-order valence-electron chi connectivity index (χ2n) is 4.61.